The maximum absolute atomic E-state index is 13.2. The van der Waals surface area contributed by atoms with Gasteiger partial charge in [0.2, 0.25) is 0 Å². The Balaban J connectivity index is 1.56. The molecule has 2 bridgehead atoms. The number of urea groups is 1. The van der Waals surface area contributed by atoms with Crippen molar-refractivity contribution in [1.29, 1.82) is 5.26 Å². The lowest BCUT2D eigenvalue weighted by molar-refractivity contribution is -0.137. The molecular weight excluding hydrogens is 339 g/mol. The normalized spacial score (nSPS) is 35.0. The molecule has 3 heterocycles. The lowest BCUT2D eigenvalue weighted by atomic mass is 9.98. The lowest BCUT2D eigenvalue weighted by Gasteiger charge is -2.23. The molecule has 0 radical (unpaired) electrons. The van der Waals surface area contributed by atoms with Gasteiger partial charge in [-0.15, -0.1) is 0 Å². The Hall–Kier alpha value is -2.60. The Bertz CT molecular complexity index is 846. The van der Waals surface area contributed by atoms with E-state index in [0.29, 0.717) is 12.5 Å². The van der Waals surface area contributed by atoms with Gasteiger partial charge in [0.1, 0.15) is 12.1 Å². The number of anilines is 1. The average Bonchev–Trinajstić information content (AvgIpc) is 3.08. The van der Waals surface area contributed by atoms with Crippen LogP contribution in [0.2, 0.25) is 0 Å². The van der Waals surface area contributed by atoms with Crippen molar-refractivity contribution in [3.63, 3.8) is 0 Å². The third-order valence-corrected chi connectivity index (χ3v) is 5.51. The van der Waals surface area contributed by atoms with E-state index >= 15 is 0 Å². The number of carbonyl (C=O) groups is 2. The maximum Gasteiger partial charge on any atom is 0.417 e. The second kappa shape index (κ2) is 4.32. The van der Waals surface area contributed by atoms with Crippen LogP contribution >= 0.6 is 0 Å². The number of benzene rings is 1. The zero-order valence-corrected chi connectivity index (χ0v) is 12.5. The molecule has 5 rings (SSSR count). The van der Waals surface area contributed by atoms with Gasteiger partial charge in [-0.05, 0) is 24.6 Å². The fraction of sp³-hybridized carbons (Fsp3) is 0.438. The molecule has 128 valence electrons. The zero-order valence-electron chi connectivity index (χ0n) is 12.5. The SMILES string of the molecule is N#Cc1ccc(N2C(=O)[C@H]3[C@@H]4C[C@@H]([C@H]5O[C@@H]45)N3C2=O)cc1C(F)(F)F. The first kappa shape index (κ1) is 14.7. The quantitative estimate of drug-likeness (QED) is 0.573. The summed E-state index contributed by atoms with van der Waals surface area (Å²) in [6, 6.07) is 2.90. The number of alkyl halides is 3. The highest BCUT2D eigenvalue weighted by Crippen LogP contribution is 2.56. The van der Waals surface area contributed by atoms with Crippen molar-refractivity contribution in [2.45, 2.75) is 36.9 Å². The predicted octanol–water partition coefficient (Wildman–Crippen LogP) is 1.88. The van der Waals surface area contributed by atoms with Crippen LogP contribution in [0.1, 0.15) is 17.5 Å². The minimum absolute atomic E-state index is 0.0188. The maximum atomic E-state index is 13.2. The van der Waals surface area contributed by atoms with Crippen LogP contribution in [0.3, 0.4) is 0 Å². The highest BCUT2D eigenvalue weighted by molar-refractivity contribution is 6.22. The molecule has 0 spiro atoms. The summed E-state index contributed by atoms with van der Waals surface area (Å²) in [5.74, 6) is -0.610. The number of rotatable bonds is 1. The van der Waals surface area contributed by atoms with Crippen LogP contribution < -0.4 is 4.90 Å². The van der Waals surface area contributed by atoms with Crippen molar-refractivity contribution in [2.75, 3.05) is 4.90 Å². The van der Waals surface area contributed by atoms with E-state index in [-0.39, 0.29) is 29.9 Å². The average molecular weight is 349 g/mol. The Morgan fingerprint density at radius 1 is 1.24 bits per heavy atom. The molecule has 4 fully saturated rings. The van der Waals surface area contributed by atoms with Gasteiger partial charge in [0.05, 0.1) is 35.0 Å². The molecule has 0 N–H and O–H groups in total. The Morgan fingerprint density at radius 3 is 2.68 bits per heavy atom. The number of nitriles is 1. The summed E-state index contributed by atoms with van der Waals surface area (Å²) in [5, 5.41) is 8.87. The summed E-state index contributed by atoms with van der Waals surface area (Å²) >= 11 is 0. The number of epoxide rings is 1. The van der Waals surface area contributed by atoms with Gasteiger partial charge in [-0.1, -0.05) is 0 Å². The minimum Gasteiger partial charge on any atom is -0.367 e. The molecule has 1 aromatic carbocycles. The third kappa shape index (κ3) is 1.72. The number of halogens is 3. The number of nitrogens with zero attached hydrogens (tertiary/aromatic N) is 3. The van der Waals surface area contributed by atoms with Gasteiger partial charge in [-0.2, -0.15) is 18.4 Å². The summed E-state index contributed by atoms with van der Waals surface area (Å²) in [5.41, 5.74) is -1.87. The second-order valence-electron chi connectivity index (χ2n) is 6.68. The van der Waals surface area contributed by atoms with Gasteiger partial charge >= 0.3 is 12.2 Å². The first-order valence-corrected chi connectivity index (χ1v) is 7.76. The van der Waals surface area contributed by atoms with E-state index in [4.69, 9.17) is 10.00 Å². The van der Waals surface area contributed by atoms with Crippen molar-refractivity contribution >= 4 is 17.6 Å². The Labute approximate surface area is 139 Å². The van der Waals surface area contributed by atoms with E-state index in [2.05, 4.69) is 0 Å². The summed E-state index contributed by atoms with van der Waals surface area (Å²) < 4.78 is 44.9. The molecule has 6 nitrogen and oxygen atoms in total. The molecule has 3 saturated heterocycles. The van der Waals surface area contributed by atoms with E-state index in [1.807, 2.05) is 0 Å². The van der Waals surface area contributed by atoms with Crippen LogP contribution in [0.15, 0.2) is 18.2 Å². The number of fused-ring (bicyclic) bond motifs is 8. The molecule has 1 aromatic rings. The number of imide groups is 1. The van der Waals surface area contributed by atoms with Crippen LogP contribution in [-0.4, -0.2) is 41.1 Å². The predicted molar refractivity (Wildman–Crippen MR) is 75.2 cm³/mol. The first-order valence-electron chi connectivity index (χ1n) is 7.76. The van der Waals surface area contributed by atoms with Gasteiger partial charge in [-0.25, -0.2) is 9.69 Å². The minimum atomic E-state index is -4.75. The summed E-state index contributed by atoms with van der Waals surface area (Å²) in [6.45, 7) is 0. The van der Waals surface area contributed by atoms with Gasteiger partial charge in [0.25, 0.3) is 5.91 Å². The second-order valence-corrected chi connectivity index (χ2v) is 6.68. The molecular formula is C16H10F3N3O3. The molecule has 3 amide bonds. The number of carbonyl (C=O) groups excluding carboxylic acids is 2. The third-order valence-electron chi connectivity index (χ3n) is 5.51. The monoisotopic (exact) mass is 349 g/mol. The van der Waals surface area contributed by atoms with Crippen LogP contribution in [0.25, 0.3) is 0 Å². The lowest BCUT2D eigenvalue weighted by Crippen LogP contribution is -2.44. The number of piperidine rings is 1. The molecule has 3 aliphatic heterocycles. The van der Waals surface area contributed by atoms with E-state index < -0.39 is 35.3 Å². The van der Waals surface area contributed by atoms with Gasteiger partial charge < -0.3 is 9.64 Å². The summed E-state index contributed by atoms with van der Waals surface area (Å²) in [6.07, 6.45) is -4.12. The standard InChI is InChI=1S/C16H10F3N3O3/c17-16(18,19)9-3-7(2-1-6(9)5-20)21-14(23)11-8-4-10(13-12(8)25-13)22(11)15(21)24/h1-3,8,10-13H,4H2/t8-,10-,11+,12-,13+/m0/s1. The summed E-state index contributed by atoms with van der Waals surface area (Å²) in [7, 11) is 0. The Morgan fingerprint density at radius 2 is 2.00 bits per heavy atom. The highest BCUT2D eigenvalue weighted by atomic mass is 19.4. The van der Waals surface area contributed by atoms with Gasteiger partial charge in [0, 0.05) is 5.92 Å². The van der Waals surface area contributed by atoms with E-state index in [0.717, 1.165) is 11.0 Å². The number of ether oxygens (including phenoxy) is 1. The van der Waals surface area contributed by atoms with Crippen LogP contribution in [-0.2, 0) is 15.7 Å². The fourth-order valence-corrected chi connectivity index (χ4v) is 4.48. The number of hydrogen-bond donors (Lipinski definition) is 0. The molecule has 5 atom stereocenters. The molecule has 0 aromatic heterocycles. The fourth-order valence-electron chi connectivity index (χ4n) is 4.48. The number of hydrogen-bond acceptors (Lipinski definition) is 4. The van der Waals surface area contributed by atoms with Crippen molar-refractivity contribution < 1.29 is 27.5 Å². The summed E-state index contributed by atoms with van der Waals surface area (Å²) in [4.78, 5) is 27.7. The van der Waals surface area contributed by atoms with Crippen LogP contribution in [0.4, 0.5) is 23.7 Å². The van der Waals surface area contributed by atoms with Crippen LogP contribution in [0.5, 0.6) is 0 Å². The smallest absolute Gasteiger partial charge is 0.367 e. The topological polar surface area (TPSA) is 76.9 Å². The molecule has 0 unspecified atom stereocenters. The Kier molecular flexibility index (Phi) is 2.54. The largest absolute Gasteiger partial charge is 0.417 e. The molecule has 1 saturated carbocycles. The molecule has 4 aliphatic rings. The molecule has 25 heavy (non-hydrogen) atoms. The number of amides is 3. The molecule has 1 aliphatic carbocycles. The van der Waals surface area contributed by atoms with Crippen molar-refractivity contribution in [2.24, 2.45) is 5.92 Å². The van der Waals surface area contributed by atoms with Gasteiger partial charge in [-0.3, -0.25) is 4.79 Å². The van der Waals surface area contributed by atoms with Crippen molar-refractivity contribution in [3.05, 3.63) is 29.3 Å². The van der Waals surface area contributed by atoms with Crippen molar-refractivity contribution in [1.82, 2.24) is 4.90 Å². The molecule has 9 heteroatoms. The van der Waals surface area contributed by atoms with Crippen molar-refractivity contribution in [3.8, 4) is 6.07 Å². The first-order chi connectivity index (χ1) is 11.8. The zero-order chi connectivity index (χ0) is 17.7. The van der Waals surface area contributed by atoms with Gasteiger partial charge in [0.15, 0.2) is 0 Å². The van der Waals surface area contributed by atoms with Crippen LogP contribution in [0, 0.1) is 17.2 Å². The highest BCUT2D eigenvalue weighted by Gasteiger charge is 2.72. The van der Waals surface area contributed by atoms with E-state index in [1.165, 1.54) is 17.0 Å². The van der Waals surface area contributed by atoms with E-state index in [9.17, 15) is 22.8 Å². The van der Waals surface area contributed by atoms with E-state index in [1.54, 1.807) is 0 Å².